The van der Waals surface area contributed by atoms with Crippen LogP contribution in [0.4, 0.5) is 4.39 Å². The van der Waals surface area contributed by atoms with Crippen LogP contribution in [0.1, 0.15) is 31.8 Å². The smallest absolute Gasteiger partial charge is 0.128 e. The Morgan fingerprint density at radius 3 is 2.30 bits per heavy atom. The molecule has 0 aliphatic heterocycles. The van der Waals surface area contributed by atoms with E-state index in [1.165, 1.54) is 40.7 Å². The average molecular weight is 908 g/mol. The van der Waals surface area contributed by atoms with Crippen LogP contribution in [0.25, 0.3) is 66.7 Å². The Bertz CT molecular complexity index is 2710. The van der Waals surface area contributed by atoms with Crippen LogP contribution in [0.3, 0.4) is 0 Å². The van der Waals surface area contributed by atoms with E-state index in [0.717, 1.165) is 16.8 Å². The van der Waals surface area contributed by atoms with Gasteiger partial charge >= 0.3 is 0 Å². The van der Waals surface area contributed by atoms with Gasteiger partial charge in [-0.05, 0) is 58.2 Å². The number of aromatic nitrogens is 2. The zero-order valence-electron chi connectivity index (χ0n) is 35.8. The summed E-state index contributed by atoms with van der Waals surface area (Å²) in [6, 6.07) is 43.5. The van der Waals surface area contributed by atoms with E-state index in [4.69, 9.17) is 11.3 Å². The number of aryl methyl sites for hydroxylation is 1. The van der Waals surface area contributed by atoms with Crippen LogP contribution in [0.5, 0.6) is 0 Å². The van der Waals surface area contributed by atoms with Crippen LogP contribution in [0.15, 0.2) is 138 Å². The van der Waals surface area contributed by atoms with E-state index in [2.05, 4.69) is 90.3 Å². The van der Waals surface area contributed by atoms with E-state index in [-0.39, 0.29) is 37.4 Å². The molecular weight excluding hydrogens is 860 g/mol. The van der Waals surface area contributed by atoms with Crippen molar-refractivity contribution in [2.45, 2.75) is 46.7 Å². The monoisotopic (exact) mass is 908 g/mol. The molecule has 0 atom stereocenters. The predicted molar refractivity (Wildman–Crippen MR) is 221 cm³/mol. The molecule has 54 heavy (non-hydrogen) atoms. The maximum absolute atomic E-state index is 13.6. The van der Waals surface area contributed by atoms with Gasteiger partial charge in [0.15, 0.2) is 0 Å². The Labute approximate surface area is 339 Å². The van der Waals surface area contributed by atoms with Crippen LogP contribution in [0, 0.1) is 30.7 Å². The van der Waals surface area contributed by atoms with Crippen molar-refractivity contribution in [3.63, 3.8) is 0 Å². The Kier molecular flexibility index (Phi) is 9.95. The zero-order chi connectivity index (χ0) is 41.4. The molecule has 8 rings (SSSR count). The SMILES string of the molecule is C[Si](C)(C)c1ccc(-c2[c-]ccc(-c3ccccc3)c2)nc1.[2H]C([2H])([2H])c1c[c-]c(-c2cc(C([2H])([2H])C(C)C)ccn2)c2oc3c(-c4ccc(F)cc4)cccc3c12.[Ir]. The third-order valence-corrected chi connectivity index (χ3v) is 11.0. The molecule has 273 valence electrons. The Morgan fingerprint density at radius 2 is 1.59 bits per heavy atom. The zero-order valence-corrected chi connectivity index (χ0v) is 34.2. The van der Waals surface area contributed by atoms with E-state index in [0.29, 0.717) is 44.3 Å². The fourth-order valence-corrected chi connectivity index (χ4v) is 7.34. The summed E-state index contributed by atoms with van der Waals surface area (Å²) in [5, 5.41) is 2.43. The van der Waals surface area contributed by atoms with Gasteiger partial charge in [0, 0.05) is 50.3 Å². The van der Waals surface area contributed by atoms with E-state index in [1.807, 2.05) is 44.3 Å². The number of furan rings is 1. The Balaban J connectivity index is 0.000000218. The van der Waals surface area contributed by atoms with Crippen molar-refractivity contribution in [1.82, 2.24) is 9.97 Å². The van der Waals surface area contributed by atoms with Crippen LogP contribution in [-0.4, -0.2) is 18.0 Å². The molecular formula is C48H43FIrN2OSi-2. The second kappa shape index (κ2) is 16.6. The third kappa shape index (κ3) is 8.52. The van der Waals surface area contributed by atoms with Crippen molar-refractivity contribution in [2.24, 2.45) is 5.92 Å². The van der Waals surface area contributed by atoms with Gasteiger partial charge in [0.25, 0.3) is 0 Å². The van der Waals surface area contributed by atoms with Crippen LogP contribution >= 0.6 is 0 Å². The molecule has 6 heteroatoms. The minimum absolute atomic E-state index is 0. The van der Waals surface area contributed by atoms with Crippen molar-refractivity contribution < 1.29 is 35.8 Å². The summed E-state index contributed by atoms with van der Waals surface area (Å²) in [6.45, 7) is 8.22. The summed E-state index contributed by atoms with van der Waals surface area (Å²) in [5.74, 6) is -0.622. The van der Waals surface area contributed by atoms with Gasteiger partial charge in [0.05, 0.1) is 13.7 Å². The maximum Gasteiger partial charge on any atom is 0.128 e. The molecule has 0 N–H and O–H groups in total. The molecule has 0 bridgehead atoms. The standard InChI is InChI=1S/C28H23FNO.C20H20NSi.Ir/c1-17(2)15-19-13-14-30-25(16-19)23-12-7-18(3)26-24-6-4-5-22(27(24)31-28(23)26)20-8-10-21(29)11-9-20;1-22(2,3)19-12-13-20(21-15-19)18-11-7-10-17(14-18)16-8-5-4-6-9-16;/h4-11,13-14,16-17H,15H2,1-3H3;4-10,12-15H,1-3H3;/q2*-1;/i3D3,15D2;;. The first kappa shape index (κ1) is 32.4. The van der Waals surface area contributed by atoms with Gasteiger partial charge in [0.1, 0.15) is 11.4 Å². The first-order chi connectivity index (χ1) is 27.5. The maximum atomic E-state index is 13.6. The minimum Gasteiger partial charge on any atom is -0.500 e. The molecule has 0 saturated carbocycles. The van der Waals surface area contributed by atoms with Gasteiger partial charge in [0.2, 0.25) is 0 Å². The summed E-state index contributed by atoms with van der Waals surface area (Å²) in [7, 11) is -1.29. The Morgan fingerprint density at radius 1 is 0.796 bits per heavy atom. The largest absolute Gasteiger partial charge is 0.500 e. The number of para-hydroxylation sites is 1. The van der Waals surface area contributed by atoms with Crippen molar-refractivity contribution in [3.8, 4) is 44.8 Å². The van der Waals surface area contributed by atoms with Gasteiger partial charge < -0.3 is 14.4 Å². The minimum atomic E-state index is -2.42. The average Bonchev–Trinajstić information content (AvgIpc) is 3.61. The van der Waals surface area contributed by atoms with Crippen LogP contribution in [-0.2, 0) is 26.5 Å². The predicted octanol–water partition coefficient (Wildman–Crippen LogP) is 12.5. The summed E-state index contributed by atoms with van der Waals surface area (Å²) in [4.78, 5) is 9.10. The van der Waals surface area contributed by atoms with Gasteiger partial charge in [-0.2, -0.15) is 0 Å². The van der Waals surface area contributed by atoms with Crippen LogP contribution in [0.2, 0.25) is 19.6 Å². The fourth-order valence-electron chi connectivity index (χ4n) is 6.30. The quantitative estimate of drug-likeness (QED) is 0.118. The molecule has 8 aromatic rings. The first-order valence-electron chi connectivity index (χ1n) is 20.2. The molecule has 1 radical (unpaired) electrons. The van der Waals surface area contributed by atoms with E-state index >= 15 is 0 Å². The summed E-state index contributed by atoms with van der Waals surface area (Å²) in [5.41, 5.74) is 8.10. The molecule has 3 nitrogen and oxygen atoms in total. The molecule has 0 fully saturated rings. The summed E-state index contributed by atoms with van der Waals surface area (Å²) < 4.78 is 61.2. The molecule has 3 heterocycles. The number of hydrogen-bond donors (Lipinski definition) is 0. The van der Waals surface area contributed by atoms with Gasteiger partial charge in [-0.25, -0.2) is 4.39 Å². The topological polar surface area (TPSA) is 38.9 Å². The molecule has 0 amide bonds. The van der Waals surface area contributed by atoms with Gasteiger partial charge in [-0.3, -0.25) is 0 Å². The molecule has 0 aliphatic carbocycles. The van der Waals surface area contributed by atoms with Gasteiger partial charge in [-0.15, -0.1) is 53.1 Å². The number of benzene rings is 5. The number of halogens is 1. The summed E-state index contributed by atoms with van der Waals surface area (Å²) >= 11 is 0. The summed E-state index contributed by atoms with van der Waals surface area (Å²) in [6.07, 6.45) is 1.98. The van der Waals surface area contributed by atoms with E-state index < -0.39 is 21.3 Å². The van der Waals surface area contributed by atoms with E-state index in [1.54, 1.807) is 30.3 Å². The molecule has 0 saturated heterocycles. The third-order valence-electron chi connectivity index (χ3n) is 9.01. The van der Waals surface area contributed by atoms with Crippen molar-refractivity contribution in [1.29, 1.82) is 0 Å². The van der Waals surface area contributed by atoms with E-state index in [9.17, 15) is 4.39 Å². The molecule has 5 aromatic carbocycles. The van der Waals surface area contributed by atoms with Crippen LogP contribution < -0.4 is 5.19 Å². The molecule has 0 unspecified atom stereocenters. The first-order valence-corrected chi connectivity index (χ1v) is 21.2. The second-order valence-electron chi connectivity index (χ2n) is 14.3. The van der Waals surface area contributed by atoms with Crippen molar-refractivity contribution in [2.75, 3.05) is 0 Å². The normalized spacial score (nSPS) is 13.2. The molecule has 0 spiro atoms. The number of nitrogens with zero attached hydrogens (tertiary/aromatic N) is 2. The molecule has 0 aliphatic rings. The Hall–Kier alpha value is -5.00. The van der Waals surface area contributed by atoms with Crippen molar-refractivity contribution >= 4 is 35.2 Å². The number of fused-ring (bicyclic) bond motifs is 3. The van der Waals surface area contributed by atoms with Gasteiger partial charge in [-0.1, -0.05) is 136 Å². The van der Waals surface area contributed by atoms with Crippen molar-refractivity contribution in [3.05, 3.63) is 163 Å². The number of rotatable bonds is 7. The second-order valence-corrected chi connectivity index (χ2v) is 19.4. The number of hydrogen-bond acceptors (Lipinski definition) is 3. The number of pyridine rings is 2. The fraction of sp³-hybridized carbons (Fsp3) is 0.167. The molecule has 3 aromatic heterocycles.